The monoisotopic (exact) mass is 301 g/mol. The van der Waals surface area contributed by atoms with Gasteiger partial charge in [-0.15, -0.1) is 0 Å². The molecule has 1 aliphatic rings. The maximum absolute atomic E-state index is 6.06. The minimum atomic E-state index is 0.253. The lowest BCUT2D eigenvalue weighted by atomic mass is 10.0. The van der Waals surface area contributed by atoms with Crippen molar-refractivity contribution in [2.75, 3.05) is 6.61 Å². The summed E-state index contributed by atoms with van der Waals surface area (Å²) in [6.45, 7) is 5.16. The minimum absolute atomic E-state index is 0.253. The molecule has 0 amide bonds. The molecule has 0 aromatic heterocycles. The summed E-state index contributed by atoms with van der Waals surface area (Å²) < 4.78 is 5.56. The van der Waals surface area contributed by atoms with Crippen LogP contribution in [-0.4, -0.2) is 6.61 Å². The molecular weight excluding hydrogens is 282 g/mol. The normalized spacial score (nSPS) is 16.1. The van der Waals surface area contributed by atoms with Crippen LogP contribution in [-0.2, 0) is 6.42 Å². The van der Waals surface area contributed by atoms with Gasteiger partial charge in [0.15, 0.2) is 0 Å². The van der Waals surface area contributed by atoms with Crippen molar-refractivity contribution >= 4 is 11.6 Å². The van der Waals surface area contributed by atoms with Gasteiger partial charge in [-0.1, -0.05) is 35.9 Å². The van der Waals surface area contributed by atoms with Crippen LogP contribution in [0.25, 0.3) is 0 Å². The van der Waals surface area contributed by atoms with Crippen molar-refractivity contribution in [3.8, 4) is 5.75 Å². The molecule has 0 saturated heterocycles. The highest BCUT2D eigenvalue weighted by Gasteiger charge is 2.16. The van der Waals surface area contributed by atoms with Crippen molar-refractivity contribution in [2.45, 2.75) is 32.4 Å². The van der Waals surface area contributed by atoms with Gasteiger partial charge in [0.1, 0.15) is 5.75 Å². The molecule has 0 bridgehead atoms. The minimum Gasteiger partial charge on any atom is -0.493 e. The van der Waals surface area contributed by atoms with E-state index in [1.54, 1.807) is 0 Å². The Bertz CT molecular complexity index is 641. The van der Waals surface area contributed by atoms with Crippen LogP contribution in [0, 0.1) is 0 Å². The Morgan fingerprint density at radius 1 is 1.05 bits per heavy atom. The molecule has 1 N–H and O–H groups in total. The van der Waals surface area contributed by atoms with Crippen LogP contribution in [0.4, 0.5) is 0 Å². The SMILES string of the molecule is CC(NC(C)c1ccc2c(c1)CCO2)c1cccc(Cl)c1. The topological polar surface area (TPSA) is 21.3 Å². The molecule has 2 unspecified atom stereocenters. The average Bonchev–Trinajstić information content (AvgIpc) is 2.94. The molecule has 0 spiro atoms. The van der Waals surface area contributed by atoms with E-state index in [0.29, 0.717) is 0 Å². The van der Waals surface area contributed by atoms with E-state index in [1.807, 2.05) is 18.2 Å². The van der Waals surface area contributed by atoms with Crippen LogP contribution in [0.15, 0.2) is 42.5 Å². The second kappa shape index (κ2) is 6.08. The lowest BCUT2D eigenvalue weighted by molar-refractivity contribution is 0.356. The quantitative estimate of drug-likeness (QED) is 0.885. The number of fused-ring (bicyclic) bond motifs is 1. The summed E-state index contributed by atoms with van der Waals surface area (Å²) in [6, 6.07) is 15.0. The van der Waals surface area contributed by atoms with Gasteiger partial charge in [-0.2, -0.15) is 0 Å². The zero-order valence-electron chi connectivity index (χ0n) is 12.4. The number of hydrogen-bond donors (Lipinski definition) is 1. The molecule has 2 aromatic carbocycles. The Morgan fingerprint density at radius 2 is 1.81 bits per heavy atom. The van der Waals surface area contributed by atoms with Crippen LogP contribution in [0.1, 0.15) is 42.6 Å². The van der Waals surface area contributed by atoms with Gasteiger partial charge in [0.25, 0.3) is 0 Å². The van der Waals surface area contributed by atoms with E-state index in [4.69, 9.17) is 16.3 Å². The van der Waals surface area contributed by atoms with E-state index >= 15 is 0 Å². The van der Waals surface area contributed by atoms with Gasteiger partial charge >= 0.3 is 0 Å². The summed E-state index contributed by atoms with van der Waals surface area (Å²) in [6.07, 6.45) is 1.01. The van der Waals surface area contributed by atoms with Crippen molar-refractivity contribution in [3.05, 3.63) is 64.2 Å². The Balaban J connectivity index is 1.72. The molecule has 0 radical (unpaired) electrons. The summed E-state index contributed by atoms with van der Waals surface area (Å²) in [4.78, 5) is 0. The smallest absolute Gasteiger partial charge is 0.122 e. The summed E-state index contributed by atoms with van der Waals surface area (Å²) in [5, 5.41) is 4.41. The highest BCUT2D eigenvalue weighted by Crippen LogP contribution is 2.29. The molecule has 0 saturated carbocycles. The first-order valence-corrected chi connectivity index (χ1v) is 7.78. The van der Waals surface area contributed by atoms with E-state index in [9.17, 15) is 0 Å². The predicted molar refractivity (Wildman–Crippen MR) is 87.1 cm³/mol. The predicted octanol–water partition coefficient (Wildman–Crippen LogP) is 4.69. The molecular formula is C18H20ClNO. The first-order valence-electron chi connectivity index (χ1n) is 7.40. The van der Waals surface area contributed by atoms with E-state index in [2.05, 4.69) is 43.4 Å². The third kappa shape index (κ3) is 3.22. The van der Waals surface area contributed by atoms with Gasteiger partial charge in [-0.05, 0) is 48.7 Å². The van der Waals surface area contributed by atoms with Gasteiger partial charge in [0.2, 0.25) is 0 Å². The summed E-state index contributed by atoms with van der Waals surface area (Å²) >= 11 is 6.06. The maximum atomic E-state index is 6.06. The van der Waals surface area contributed by atoms with Crippen molar-refractivity contribution in [1.29, 1.82) is 0 Å². The Morgan fingerprint density at radius 3 is 2.57 bits per heavy atom. The third-order valence-corrected chi connectivity index (χ3v) is 4.30. The van der Waals surface area contributed by atoms with Gasteiger partial charge < -0.3 is 10.1 Å². The largest absolute Gasteiger partial charge is 0.493 e. The first kappa shape index (κ1) is 14.4. The second-order valence-corrected chi connectivity index (χ2v) is 6.07. The zero-order valence-corrected chi connectivity index (χ0v) is 13.2. The molecule has 110 valence electrons. The molecule has 0 fully saturated rings. The highest BCUT2D eigenvalue weighted by molar-refractivity contribution is 6.30. The van der Waals surface area contributed by atoms with Crippen LogP contribution in [0.2, 0.25) is 5.02 Å². The molecule has 21 heavy (non-hydrogen) atoms. The Kier molecular flexibility index (Phi) is 4.18. The van der Waals surface area contributed by atoms with E-state index in [1.165, 1.54) is 16.7 Å². The van der Waals surface area contributed by atoms with E-state index in [-0.39, 0.29) is 12.1 Å². The molecule has 3 rings (SSSR count). The molecule has 0 aliphatic carbocycles. The lowest BCUT2D eigenvalue weighted by Gasteiger charge is -2.21. The van der Waals surface area contributed by atoms with Crippen molar-refractivity contribution in [3.63, 3.8) is 0 Å². The summed E-state index contributed by atoms with van der Waals surface area (Å²) in [7, 11) is 0. The van der Waals surface area contributed by atoms with Crippen molar-refractivity contribution < 1.29 is 4.74 Å². The third-order valence-electron chi connectivity index (χ3n) is 4.06. The van der Waals surface area contributed by atoms with Crippen molar-refractivity contribution in [1.82, 2.24) is 5.32 Å². The lowest BCUT2D eigenvalue weighted by Crippen LogP contribution is -2.22. The molecule has 3 heteroatoms. The van der Waals surface area contributed by atoms with Crippen molar-refractivity contribution in [2.24, 2.45) is 0 Å². The summed E-state index contributed by atoms with van der Waals surface area (Å²) in [5.74, 6) is 1.04. The van der Waals surface area contributed by atoms with Gasteiger partial charge in [-0.25, -0.2) is 0 Å². The standard InChI is InChI=1S/C18H20ClNO/c1-12(14-4-3-5-17(19)11-14)20-13(2)15-6-7-18-16(10-15)8-9-21-18/h3-7,10-13,20H,8-9H2,1-2H3. The fourth-order valence-electron chi connectivity index (χ4n) is 2.82. The van der Waals surface area contributed by atoms with E-state index < -0.39 is 0 Å². The highest BCUT2D eigenvalue weighted by atomic mass is 35.5. The second-order valence-electron chi connectivity index (χ2n) is 5.63. The number of hydrogen-bond acceptors (Lipinski definition) is 2. The van der Waals surface area contributed by atoms with E-state index in [0.717, 1.165) is 23.8 Å². The number of halogens is 1. The van der Waals surface area contributed by atoms with Crippen LogP contribution in [0.3, 0.4) is 0 Å². The molecule has 2 aromatic rings. The molecule has 1 heterocycles. The fourth-order valence-corrected chi connectivity index (χ4v) is 3.02. The van der Waals surface area contributed by atoms with Gasteiger partial charge in [-0.3, -0.25) is 0 Å². The molecule has 1 aliphatic heterocycles. The maximum Gasteiger partial charge on any atom is 0.122 e. The van der Waals surface area contributed by atoms with Gasteiger partial charge in [0, 0.05) is 23.5 Å². The number of ether oxygens (including phenoxy) is 1. The van der Waals surface area contributed by atoms with Crippen LogP contribution < -0.4 is 10.1 Å². The van der Waals surface area contributed by atoms with Crippen LogP contribution >= 0.6 is 11.6 Å². The Labute approximate surface area is 131 Å². The first-order chi connectivity index (χ1) is 10.1. The average molecular weight is 302 g/mol. The fraction of sp³-hybridized carbons (Fsp3) is 0.333. The van der Waals surface area contributed by atoms with Crippen LogP contribution in [0.5, 0.6) is 5.75 Å². The Hall–Kier alpha value is -1.51. The van der Waals surface area contributed by atoms with Gasteiger partial charge in [0.05, 0.1) is 6.61 Å². The molecule has 2 atom stereocenters. The molecule has 2 nitrogen and oxygen atoms in total. The number of nitrogens with one attached hydrogen (secondary N) is 1. The number of rotatable bonds is 4. The summed E-state index contributed by atoms with van der Waals surface area (Å²) in [5.41, 5.74) is 3.82. The number of benzene rings is 2. The zero-order chi connectivity index (χ0) is 14.8.